The molecular formula is C15H14Cl2O4. The Morgan fingerprint density at radius 2 is 1.81 bits per heavy atom. The van der Waals surface area contributed by atoms with E-state index in [1.165, 1.54) is 12.1 Å². The highest BCUT2D eigenvalue weighted by molar-refractivity contribution is 6.34. The van der Waals surface area contributed by atoms with Crippen LogP contribution in [-0.2, 0) is 14.3 Å². The molecule has 0 fully saturated rings. The number of carbonyl (C=O) groups excluding carboxylic acids is 2. The van der Waals surface area contributed by atoms with Crippen LogP contribution >= 0.6 is 23.2 Å². The highest BCUT2D eigenvalue weighted by Crippen LogP contribution is 2.27. The van der Waals surface area contributed by atoms with Gasteiger partial charge in [-0.05, 0) is 32.1 Å². The molecule has 1 aromatic rings. The van der Waals surface area contributed by atoms with Crippen molar-refractivity contribution in [1.29, 1.82) is 0 Å². The van der Waals surface area contributed by atoms with Gasteiger partial charge in [0.2, 0.25) is 0 Å². The third kappa shape index (κ3) is 6.97. The molecule has 112 valence electrons. The largest absolute Gasteiger partial charge is 0.458 e. The van der Waals surface area contributed by atoms with E-state index in [9.17, 15) is 9.59 Å². The summed E-state index contributed by atoms with van der Waals surface area (Å²) in [5, 5.41) is 0.625. The van der Waals surface area contributed by atoms with Gasteiger partial charge in [-0.15, -0.1) is 0 Å². The maximum Gasteiger partial charge on any atom is 0.336 e. The first-order valence-corrected chi connectivity index (χ1v) is 6.79. The third-order valence-electron chi connectivity index (χ3n) is 2.18. The lowest BCUT2D eigenvalue weighted by atomic mass is 10.3. The van der Waals surface area contributed by atoms with E-state index in [2.05, 4.69) is 0 Å². The molecule has 0 aliphatic heterocycles. The summed E-state index contributed by atoms with van der Waals surface area (Å²) in [7, 11) is 0. The molecule has 0 saturated heterocycles. The van der Waals surface area contributed by atoms with E-state index in [4.69, 9.17) is 32.7 Å². The highest BCUT2D eigenvalue weighted by atomic mass is 35.5. The normalized spacial score (nSPS) is 10.3. The lowest BCUT2D eigenvalue weighted by Crippen LogP contribution is -2.07. The Bertz CT molecular complexity index is 587. The van der Waals surface area contributed by atoms with Crippen LogP contribution in [0.1, 0.15) is 13.8 Å². The number of ether oxygens (including phenoxy) is 2. The molecule has 21 heavy (non-hydrogen) atoms. The minimum absolute atomic E-state index is 0.122. The summed E-state index contributed by atoms with van der Waals surface area (Å²) in [5.74, 6) is -1.27. The standard InChI is InChI=1S/C15H14Cl2O4/c1-10(2)7-8-20-14(18)5-6-15(19)21-13-9-11(16)3-4-12(13)17/h3-7,9H,8H2,1-2H3/b6-5+. The monoisotopic (exact) mass is 328 g/mol. The molecule has 0 atom stereocenters. The van der Waals surface area contributed by atoms with Crippen molar-refractivity contribution < 1.29 is 19.1 Å². The number of hydrogen-bond donors (Lipinski definition) is 0. The third-order valence-corrected chi connectivity index (χ3v) is 2.72. The molecule has 0 aliphatic rings. The molecule has 0 amide bonds. The number of allylic oxidation sites excluding steroid dienone is 1. The van der Waals surface area contributed by atoms with Gasteiger partial charge in [0.05, 0.1) is 5.02 Å². The van der Waals surface area contributed by atoms with E-state index in [0.717, 1.165) is 17.7 Å². The summed E-state index contributed by atoms with van der Waals surface area (Å²) in [4.78, 5) is 22.8. The Balaban J connectivity index is 2.53. The molecule has 0 spiro atoms. The molecule has 0 N–H and O–H groups in total. The molecular weight excluding hydrogens is 315 g/mol. The number of halogens is 2. The van der Waals surface area contributed by atoms with Crippen molar-refractivity contribution in [2.24, 2.45) is 0 Å². The van der Waals surface area contributed by atoms with Crippen molar-refractivity contribution in [1.82, 2.24) is 0 Å². The molecule has 0 radical (unpaired) electrons. The molecule has 1 aromatic carbocycles. The number of hydrogen-bond acceptors (Lipinski definition) is 4. The SMILES string of the molecule is CC(C)=CCOC(=O)/C=C/C(=O)Oc1cc(Cl)ccc1Cl. The maximum absolute atomic E-state index is 11.5. The highest BCUT2D eigenvalue weighted by Gasteiger charge is 2.07. The van der Waals surface area contributed by atoms with Crippen molar-refractivity contribution in [2.45, 2.75) is 13.8 Å². The van der Waals surface area contributed by atoms with Gasteiger partial charge in [0.1, 0.15) is 6.61 Å². The van der Waals surface area contributed by atoms with E-state index < -0.39 is 11.9 Å². The second-order valence-electron chi connectivity index (χ2n) is 4.24. The smallest absolute Gasteiger partial charge is 0.336 e. The Kier molecular flexibility index (Phi) is 6.99. The van der Waals surface area contributed by atoms with Crippen LogP contribution in [0.4, 0.5) is 0 Å². The van der Waals surface area contributed by atoms with Crippen molar-refractivity contribution in [3.8, 4) is 5.75 Å². The molecule has 0 saturated carbocycles. The minimum Gasteiger partial charge on any atom is -0.458 e. The summed E-state index contributed by atoms with van der Waals surface area (Å²) >= 11 is 11.6. The quantitative estimate of drug-likeness (QED) is 0.355. The van der Waals surface area contributed by atoms with Gasteiger partial charge in [0.25, 0.3) is 0 Å². The zero-order valence-electron chi connectivity index (χ0n) is 11.6. The fourth-order valence-electron chi connectivity index (χ4n) is 1.17. The first-order valence-electron chi connectivity index (χ1n) is 6.03. The number of carbonyl (C=O) groups is 2. The van der Waals surface area contributed by atoms with Crippen LogP contribution in [0.15, 0.2) is 42.0 Å². The Hall–Kier alpha value is -1.78. The zero-order valence-corrected chi connectivity index (χ0v) is 13.1. The van der Waals surface area contributed by atoms with Gasteiger partial charge in [-0.25, -0.2) is 9.59 Å². The van der Waals surface area contributed by atoms with Crippen LogP contribution in [0, 0.1) is 0 Å². The van der Waals surface area contributed by atoms with Crippen molar-refractivity contribution >= 4 is 35.1 Å². The molecule has 0 aliphatic carbocycles. The molecule has 0 unspecified atom stereocenters. The number of benzene rings is 1. The van der Waals surface area contributed by atoms with Gasteiger partial charge in [0.15, 0.2) is 5.75 Å². The average molecular weight is 329 g/mol. The number of rotatable bonds is 5. The summed E-state index contributed by atoms with van der Waals surface area (Å²) in [6.45, 7) is 3.92. The average Bonchev–Trinajstić information content (AvgIpc) is 2.40. The van der Waals surface area contributed by atoms with Crippen molar-refractivity contribution in [3.05, 3.63) is 52.0 Å². The lowest BCUT2D eigenvalue weighted by Gasteiger charge is -2.04. The van der Waals surface area contributed by atoms with Crippen molar-refractivity contribution in [2.75, 3.05) is 6.61 Å². The van der Waals surface area contributed by atoms with Crippen molar-refractivity contribution in [3.63, 3.8) is 0 Å². The van der Waals surface area contributed by atoms with Crippen LogP contribution in [0.5, 0.6) is 5.75 Å². The molecule has 1 rings (SSSR count). The van der Waals surface area contributed by atoms with Gasteiger partial charge in [-0.2, -0.15) is 0 Å². The van der Waals surface area contributed by atoms with Gasteiger partial charge in [-0.3, -0.25) is 0 Å². The molecule has 6 heteroatoms. The Morgan fingerprint density at radius 1 is 1.14 bits per heavy atom. The zero-order chi connectivity index (χ0) is 15.8. The van der Waals surface area contributed by atoms with E-state index in [1.54, 1.807) is 12.1 Å². The second kappa shape index (κ2) is 8.49. The predicted octanol–water partition coefficient (Wildman–Crippen LogP) is 3.96. The lowest BCUT2D eigenvalue weighted by molar-refractivity contribution is -0.137. The first-order chi connectivity index (χ1) is 9.88. The van der Waals surface area contributed by atoms with Crippen LogP contribution in [0.25, 0.3) is 0 Å². The van der Waals surface area contributed by atoms with Crippen LogP contribution in [0.2, 0.25) is 10.0 Å². The molecule has 0 heterocycles. The predicted molar refractivity (Wildman–Crippen MR) is 81.6 cm³/mol. The van der Waals surface area contributed by atoms with E-state index in [-0.39, 0.29) is 17.4 Å². The van der Waals surface area contributed by atoms with Gasteiger partial charge in [-0.1, -0.05) is 28.8 Å². The number of esters is 2. The fraction of sp³-hybridized carbons (Fsp3) is 0.200. The van der Waals surface area contributed by atoms with Gasteiger partial charge >= 0.3 is 11.9 Å². The molecule has 4 nitrogen and oxygen atoms in total. The van der Waals surface area contributed by atoms with Crippen LogP contribution in [-0.4, -0.2) is 18.5 Å². The summed E-state index contributed by atoms with van der Waals surface area (Å²) in [6, 6.07) is 4.48. The van der Waals surface area contributed by atoms with Gasteiger partial charge in [0, 0.05) is 23.2 Å². The Morgan fingerprint density at radius 3 is 2.48 bits per heavy atom. The topological polar surface area (TPSA) is 52.6 Å². The summed E-state index contributed by atoms with van der Waals surface area (Å²) in [6.07, 6.45) is 3.69. The first kappa shape index (κ1) is 17.3. The van der Waals surface area contributed by atoms with Gasteiger partial charge < -0.3 is 9.47 Å². The van der Waals surface area contributed by atoms with Crippen LogP contribution < -0.4 is 4.74 Å². The Labute approximate surface area is 132 Å². The summed E-state index contributed by atoms with van der Waals surface area (Å²) in [5.41, 5.74) is 1.03. The maximum atomic E-state index is 11.5. The second-order valence-corrected chi connectivity index (χ2v) is 5.08. The molecule has 0 bridgehead atoms. The van der Waals surface area contributed by atoms with Crippen LogP contribution in [0.3, 0.4) is 0 Å². The van der Waals surface area contributed by atoms with E-state index >= 15 is 0 Å². The fourth-order valence-corrected chi connectivity index (χ4v) is 1.49. The minimum atomic E-state index is -0.752. The van der Waals surface area contributed by atoms with E-state index in [1.807, 2.05) is 13.8 Å². The molecule has 0 aromatic heterocycles. The summed E-state index contributed by atoms with van der Waals surface area (Å²) < 4.78 is 9.80. The van der Waals surface area contributed by atoms with E-state index in [0.29, 0.717) is 5.02 Å².